The van der Waals surface area contributed by atoms with Crippen molar-refractivity contribution in [1.29, 1.82) is 0 Å². The summed E-state index contributed by atoms with van der Waals surface area (Å²) in [6, 6.07) is 8.15. The molecule has 0 unspecified atom stereocenters. The molecular formula is C21H31N5O3. The summed E-state index contributed by atoms with van der Waals surface area (Å²) in [6.45, 7) is 7.91. The minimum Gasteiger partial charge on any atom is -0.495 e. The molecule has 1 aromatic carbocycles. The first-order valence-electron chi connectivity index (χ1n) is 10.4. The summed E-state index contributed by atoms with van der Waals surface area (Å²) in [5.74, 6) is 0.920. The number of aromatic nitrogens is 3. The van der Waals surface area contributed by atoms with Crippen molar-refractivity contribution >= 4 is 5.69 Å². The van der Waals surface area contributed by atoms with Crippen LogP contribution in [-0.4, -0.2) is 59.1 Å². The molecule has 0 N–H and O–H groups in total. The van der Waals surface area contributed by atoms with Gasteiger partial charge < -0.3 is 9.64 Å². The maximum atomic E-state index is 12.3. The Morgan fingerprint density at radius 3 is 2.45 bits per heavy atom. The molecule has 158 valence electrons. The second-order valence-corrected chi connectivity index (χ2v) is 7.35. The number of benzene rings is 1. The summed E-state index contributed by atoms with van der Waals surface area (Å²) in [5, 5.41) is 4.00. The van der Waals surface area contributed by atoms with Crippen LogP contribution in [-0.2, 0) is 13.1 Å². The SMILES string of the molecule is CCCn1c(=O)cnn(CCCCN2CCN(c3ccccc3OC)CC2)c1=O. The molecule has 1 aromatic heterocycles. The largest absolute Gasteiger partial charge is 0.495 e. The third kappa shape index (κ3) is 5.26. The van der Waals surface area contributed by atoms with Crippen LogP contribution in [0.4, 0.5) is 5.69 Å². The number of nitrogens with zero attached hydrogens (tertiary/aromatic N) is 5. The summed E-state index contributed by atoms with van der Waals surface area (Å²) in [5.41, 5.74) is 0.535. The molecule has 0 saturated carbocycles. The van der Waals surface area contributed by atoms with Gasteiger partial charge in [-0.25, -0.2) is 9.48 Å². The number of anilines is 1. The lowest BCUT2D eigenvalue weighted by Crippen LogP contribution is -2.46. The summed E-state index contributed by atoms with van der Waals surface area (Å²) in [7, 11) is 1.71. The molecule has 1 saturated heterocycles. The normalized spacial score (nSPS) is 14.9. The van der Waals surface area contributed by atoms with Gasteiger partial charge in [-0.1, -0.05) is 19.1 Å². The number of methoxy groups -OCH3 is 1. The third-order valence-corrected chi connectivity index (χ3v) is 5.36. The standard InChI is InChI=1S/C21H31N5O3/c1-3-10-25-20(27)17-22-26(21(25)28)12-7-6-11-23-13-15-24(16-14-23)18-8-4-5-9-19(18)29-2/h4-5,8-9,17H,3,6-7,10-16H2,1-2H3. The Bertz CT molecular complexity index is 900. The summed E-state index contributed by atoms with van der Waals surface area (Å²) in [4.78, 5) is 28.9. The van der Waals surface area contributed by atoms with Crippen molar-refractivity contribution in [2.75, 3.05) is 44.7 Å². The van der Waals surface area contributed by atoms with E-state index in [-0.39, 0.29) is 11.2 Å². The Morgan fingerprint density at radius 2 is 1.72 bits per heavy atom. The quantitative estimate of drug-likeness (QED) is 0.592. The van der Waals surface area contributed by atoms with Gasteiger partial charge in [0, 0.05) is 39.3 Å². The minimum atomic E-state index is -0.319. The third-order valence-electron chi connectivity index (χ3n) is 5.36. The molecule has 8 heteroatoms. The predicted molar refractivity (Wildman–Crippen MR) is 114 cm³/mol. The lowest BCUT2D eigenvalue weighted by molar-refractivity contribution is 0.249. The topological polar surface area (TPSA) is 72.6 Å². The molecule has 0 aliphatic carbocycles. The van der Waals surface area contributed by atoms with Crippen molar-refractivity contribution < 1.29 is 4.74 Å². The maximum absolute atomic E-state index is 12.3. The van der Waals surface area contributed by atoms with Gasteiger partial charge >= 0.3 is 5.69 Å². The molecule has 2 heterocycles. The van der Waals surface area contributed by atoms with E-state index in [1.54, 1.807) is 7.11 Å². The highest BCUT2D eigenvalue weighted by molar-refractivity contribution is 5.58. The van der Waals surface area contributed by atoms with Gasteiger partial charge in [0.2, 0.25) is 0 Å². The van der Waals surface area contributed by atoms with E-state index in [1.807, 2.05) is 25.1 Å². The first-order chi connectivity index (χ1) is 14.1. The van der Waals surface area contributed by atoms with Crippen LogP contribution in [0.25, 0.3) is 0 Å². The highest BCUT2D eigenvalue weighted by Crippen LogP contribution is 2.28. The molecule has 1 aliphatic rings. The van der Waals surface area contributed by atoms with Crippen molar-refractivity contribution in [1.82, 2.24) is 19.2 Å². The number of para-hydroxylation sites is 2. The fraction of sp³-hybridized carbons (Fsp3) is 0.571. The average molecular weight is 402 g/mol. The number of piperazine rings is 1. The zero-order valence-electron chi connectivity index (χ0n) is 17.4. The molecule has 1 fully saturated rings. The van der Waals surface area contributed by atoms with E-state index in [9.17, 15) is 9.59 Å². The van der Waals surface area contributed by atoms with Crippen LogP contribution in [0.3, 0.4) is 0 Å². The average Bonchev–Trinajstić information content (AvgIpc) is 2.76. The van der Waals surface area contributed by atoms with Gasteiger partial charge in [-0.15, -0.1) is 0 Å². The van der Waals surface area contributed by atoms with Crippen molar-refractivity contribution in [2.45, 2.75) is 39.3 Å². The van der Waals surface area contributed by atoms with Gasteiger partial charge in [-0.2, -0.15) is 5.10 Å². The predicted octanol–water partition coefficient (Wildman–Crippen LogP) is 1.43. The molecule has 2 aromatic rings. The molecule has 1 aliphatic heterocycles. The van der Waals surface area contributed by atoms with Gasteiger partial charge in [0.15, 0.2) is 0 Å². The van der Waals surface area contributed by atoms with Crippen LogP contribution in [0.5, 0.6) is 5.75 Å². The van der Waals surface area contributed by atoms with E-state index < -0.39 is 0 Å². The van der Waals surface area contributed by atoms with Crippen LogP contribution in [0.1, 0.15) is 26.2 Å². The van der Waals surface area contributed by atoms with Gasteiger partial charge in [-0.05, 0) is 37.9 Å². The number of aryl methyl sites for hydroxylation is 1. The summed E-state index contributed by atoms with van der Waals surface area (Å²) >= 11 is 0. The Morgan fingerprint density at radius 1 is 1.00 bits per heavy atom. The molecule has 8 nitrogen and oxygen atoms in total. The van der Waals surface area contributed by atoms with Crippen LogP contribution in [0.15, 0.2) is 40.1 Å². The van der Waals surface area contributed by atoms with Gasteiger partial charge in [0.1, 0.15) is 11.9 Å². The molecule has 0 amide bonds. The highest BCUT2D eigenvalue weighted by Gasteiger charge is 2.19. The summed E-state index contributed by atoms with van der Waals surface area (Å²) < 4.78 is 8.16. The van der Waals surface area contributed by atoms with E-state index in [0.29, 0.717) is 13.1 Å². The lowest BCUT2D eigenvalue weighted by atomic mass is 10.2. The van der Waals surface area contributed by atoms with E-state index in [1.165, 1.54) is 15.4 Å². The maximum Gasteiger partial charge on any atom is 0.347 e. The van der Waals surface area contributed by atoms with Crippen LogP contribution >= 0.6 is 0 Å². The van der Waals surface area contributed by atoms with Crippen LogP contribution in [0, 0.1) is 0 Å². The van der Waals surface area contributed by atoms with Crippen LogP contribution in [0.2, 0.25) is 0 Å². The summed E-state index contributed by atoms with van der Waals surface area (Å²) in [6.07, 6.45) is 3.85. The first kappa shape index (κ1) is 21.1. The Kier molecular flexibility index (Phi) is 7.46. The number of hydrogen-bond donors (Lipinski definition) is 0. The van der Waals surface area contributed by atoms with Crippen molar-refractivity contribution in [3.63, 3.8) is 0 Å². The highest BCUT2D eigenvalue weighted by atomic mass is 16.5. The Balaban J connectivity index is 1.44. The Labute approximate surface area is 171 Å². The molecule has 0 radical (unpaired) electrons. The molecule has 0 spiro atoms. The smallest absolute Gasteiger partial charge is 0.347 e. The second kappa shape index (κ2) is 10.2. The monoisotopic (exact) mass is 401 g/mol. The van der Waals surface area contributed by atoms with Crippen LogP contribution < -0.4 is 20.9 Å². The number of rotatable bonds is 9. The number of hydrogen-bond acceptors (Lipinski definition) is 6. The first-order valence-corrected chi connectivity index (χ1v) is 10.4. The molecule has 0 bridgehead atoms. The fourth-order valence-corrected chi connectivity index (χ4v) is 3.75. The van der Waals surface area contributed by atoms with E-state index in [4.69, 9.17) is 4.74 Å². The van der Waals surface area contributed by atoms with E-state index in [2.05, 4.69) is 21.0 Å². The van der Waals surface area contributed by atoms with Crippen molar-refractivity contribution in [3.8, 4) is 5.75 Å². The zero-order chi connectivity index (χ0) is 20.6. The van der Waals surface area contributed by atoms with Crippen molar-refractivity contribution in [3.05, 3.63) is 51.3 Å². The van der Waals surface area contributed by atoms with E-state index in [0.717, 1.165) is 63.4 Å². The molecular weight excluding hydrogens is 370 g/mol. The second-order valence-electron chi connectivity index (χ2n) is 7.35. The van der Waals surface area contributed by atoms with Gasteiger partial charge in [0.25, 0.3) is 5.56 Å². The number of unbranched alkanes of at least 4 members (excludes halogenated alkanes) is 1. The molecule has 3 rings (SSSR count). The number of ether oxygens (including phenoxy) is 1. The molecule has 29 heavy (non-hydrogen) atoms. The van der Waals surface area contributed by atoms with Crippen molar-refractivity contribution in [2.24, 2.45) is 0 Å². The van der Waals surface area contributed by atoms with Gasteiger partial charge in [0.05, 0.1) is 12.8 Å². The Hall–Kier alpha value is -2.61. The van der Waals surface area contributed by atoms with E-state index >= 15 is 0 Å². The molecule has 0 atom stereocenters. The zero-order valence-corrected chi connectivity index (χ0v) is 17.4. The fourth-order valence-electron chi connectivity index (χ4n) is 3.75. The van der Waals surface area contributed by atoms with Gasteiger partial charge in [-0.3, -0.25) is 14.3 Å². The minimum absolute atomic E-state index is 0.301. The lowest BCUT2D eigenvalue weighted by Gasteiger charge is -2.36.